The molecular weight excluding hydrogens is 372 g/mol. The first-order valence-electron chi connectivity index (χ1n) is 6.37. The molecule has 1 aliphatic heterocycles. The van der Waals surface area contributed by atoms with Gasteiger partial charge in [0, 0.05) is 7.05 Å². The maximum atomic E-state index is 13.6. The largest absolute Gasteiger partial charge is 0.273 e. The summed E-state index contributed by atoms with van der Waals surface area (Å²) in [6, 6.07) is 4.63. The van der Waals surface area contributed by atoms with Crippen molar-refractivity contribution in [2.24, 2.45) is 7.05 Å². The highest BCUT2D eigenvalue weighted by Gasteiger charge is 2.60. The number of rotatable bonds is 1. The quantitative estimate of drug-likeness (QED) is 0.711. The molecule has 0 radical (unpaired) electrons. The summed E-state index contributed by atoms with van der Waals surface area (Å²) < 4.78 is 16.2. The Morgan fingerprint density at radius 2 is 2.15 bits per heavy atom. The number of nitrogens with zero attached hydrogens (tertiary/aromatic N) is 3. The first kappa shape index (κ1) is 12.3. The van der Waals surface area contributed by atoms with E-state index in [-0.39, 0.29) is 11.7 Å². The number of hydrogen-bond donors (Lipinski definition) is 0. The maximum Gasteiger partial charge on any atom is 0.243 e. The Morgan fingerprint density at radius 3 is 2.75 bits per heavy atom. The Kier molecular flexibility index (Phi) is 2.34. The van der Waals surface area contributed by atoms with Crippen LogP contribution in [0.5, 0.6) is 0 Å². The Balaban J connectivity index is 1.98. The number of halogens is 2. The molecule has 2 aromatic rings. The average Bonchev–Trinajstić information content (AvgIpc) is 3.11. The second kappa shape index (κ2) is 3.81. The molecule has 4 nitrogen and oxygen atoms in total. The number of fused-ring (bicyclic) bond motifs is 2. The highest BCUT2D eigenvalue weighted by Crippen LogP contribution is 2.59. The van der Waals surface area contributed by atoms with Crippen LogP contribution in [0.15, 0.2) is 24.4 Å². The predicted molar refractivity (Wildman–Crippen MR) is 80.4 cm³/mol. The third-order valence-corrected chi connectivity index (χ3v) is 4.92. The molecule has 1 aromatic carbocycles. The first-order valence-corrected chi connectivity index (χ1v) is 7.44. The summed E-state index contributed by atoms with van der Waals surface area (Å²) in [4.78, 5) is 14.4. The molecule has 1 fully saturated rings. The summed E-state index contributed by atoms with van der Waals surface area (Å²) in [7, 11) is 1.79. The first-order chi connectivity index (χ1) is 9.54. The van der Waals surface area contributed by atoms with Crippen molar-refractivity contribution >= 4 is 40.0 Å². The van der Waals surface area contributed by atoms with Gasteiger partial charge in [0.05, 0.1) is 20.9 Å². The van der Waals surface area contributed by atoms with Crippen LogP contribution < -0.4 is 4.90 Å². The molecule has 6 heteroatoms. The molecule has 0 bridgehead atoms. The van der Waals surface area contributed by atoms with Gasteiger partial charge in [0.1, 0.15) is 5.82 Å². The molecular formula is C14H11FIN3O. The summed E-state index contributed by atoms with van der Waals surface area (Å²) in [5.41, 5.74) is 1.19. The second-order valence-corrected chi connectivity index (χ2v) is 6.49. The van der Waals surface area contributed by atoms with Crippen LogP contribution in [0.1, 0.15) is 18.4 Å². The molecule has 1 aliphatic carbocycles. The number of carbonyl (C=O) groups excluding carboxylic acids is 1. The summed E-state index contributed by atoms with van der Waals surface area (Å²) >= 11 is 2.15. The number of aryl methyl sites for hydroxylation is 1. The van der Waals surface area contributed by atoms with Crippen LogP contribution in [0, 0.1) is 9.39 Å². The molecule has 4 rings (SSSR count). The summed E-state index contributed by atoms with van der Waals surface area (Å²) in [5, 5.41) is 4.18. The van der Waals surface area contributed by atoms with Crippen molar-refractivity contribution in [1.29, 1.82) is 0 Å². The van der Waals surface area contributed by atoms with Crippen LogP contribution >= 0.6 is 22.6 Å². The molecule has 2 heterocycles. The minimum Gasteiger partial charge on any atom is -0.273 e. The molecule has 102 valence electrons. The molecule has 1 saturated carbocycles. The second-order valence-electron chi connectivity index (χ2n) is 5.32. The Hall–Kier alpha value is -1.44. The molecule has 1 aromatic heterocycles. The van der Waals surface area contributed by atoms with Crippen LogP contribution in [0.3, 0.4) is 0 Å². The van der Waals surface area contributed by atoms with E-state index >= 15 is 0 Å². The van der Waals surface area contributed by atoms with Crippen molar-refractivity contribution in [3.05, 3.63) is 39.3 Å². The third-order valence-electron chi connectivity index (χ3n) is 4.15. The van der Waals surface area contributed by atoms with E-state index in [0.717, 1.165) is 22.0 Å². The van der Waals surface area contributed by atoms with E-state index < -0.39 is 5.41 Å². The topological polar surface area (TPSA) is 38.1 Å². The van der Waals surface area contributed by atoms with E-state index in [1.165, 1.54) is 12.1 Å². The van der Waals surface area contributed by atoms with Crippen LogP contribution in [0.25, 0.3) is 0 Å². The fraction of sp³-hybridized carbons (Fsp3) is 0.286. The van der Waals surface area contributed by atoms with Crippen LogP contribution in [-0.2, 0) is 17.3 Å². The lowest BCUT2D eigenvalue weighted by Crippen LogP contribution is -2.29. The standard InChI is InChI=1S/C14H11FIN3O/c1-18-12(10(16)7-17-18)19-11-6-8(15)2-3-9(11)14(4-5-14)13(19)20/h2-3,6-7H,4-5H2,1H3. The number of carbonyl (C=O) groups is 1. The number of amides is 1. The normalized spacial score (nSPS) is 18.8. The van der Waals surface area contributed by atoms with Gasteiger partial charge in [-0.3, -0.25) is 14.4 Å². The van der Waals surface area contributed by atoms with Gasteiger partial charge in [0.2, 0.25) is 5.91 Å². The fourth-order valence-electron chi connectivity index (χ4n) is 3.01. The van der Waals surface area contributed by atoms with Crippen molar-refractivity contribution in [1.82, 2.24) is 9.78 Å². The van der Waals surface area contributed by atoms with Crippen molar-refractivity contribution in [3.8, 4) is 0 Å². The highest BCUT2D eigenvalue weighted by atomic mass is 127. The highest BCUT2D eigenvalue weighted by molar-refractivity contribution is 14.1. The van der Waals surface area contributed by atoms with Crippen molar-refractivity contribution in [2.75, 3.05) is 4.90 Å². The summed E-state index contributed by atoms with van der Waals surface area (Å²) in [6.07, 6.45) is 3.39. The van der Waals surface area contributed by atoms with Crippen molar-refractivity contribution in [2.45, 2.75) is 18.3 Å². The van der Waals surface area contributed by atoms with E-state index in [4.69, 9.17) is 0 Å². The van der Waals surface area contributed by atoms with Gasteiger partial charge in [-0.25, -0.2) is 4.39 Å². The van der Waals surface area contributed by atoms with Crippen molar-refractivity contribution in [3.63, 3.8) is 0 Å². The van der Waals surface area contributed by atoms with Crippen molar-refractivity contribution < 1.29 is 9.18 Å². The zero-order chi connectivity index (χ0) is 14.1. The molecule has 1 spiro atoms. The number of hydrogen-bond acceptors (Lipinski definition) is 2. The van der Waals surface area contributed by atoms with Gasteiger partial charge in [0.25, 0.3) is 0 Å². The van der Waals surface area contributed by atoms with Crippen LogP contribution in [0.2, 0.25) is 0 Å². The lowest BCUT2D eigenvalue weighted by molar-refractivity contribution is -0.119. The van der Waals surface area contributed by atoms with Gasteiger partial charge in [-0.15, -0.1) is 0 Å². The minimum absolute atomic E-state index is 0.0413. The van der Waals surface area contributed by atoms with E-state index in [1.807, 2.05) is 0 Å². The minimum atomic E-state index is -0.420. The lowest BCUT2D eigenvalue weighted by atomic mass is 9.98. The summed E-state index contributed by atoms with van der Waals surface area (Å²) in [5.74, 6) is 0.433. The maximum absolute atomic E-state index is 13.6. The molecule has 0 saturated heterocycles. The Bertz CT molecular complexity index is 731. The van der Waals surface area contributed by atoms with Gasteiger partial charge in [-0.05, 0) is 53.1 Å². The fourth-order valence-corrected chi connectivity index (χ4v) is 3.72. The lowest BCUT2D eigenvalue weighted by Gasteiger charge is -2.18. The van der Waals surface area contributed by atoms with E-state index in [1.54, 1.807) is 28.9 Å². The molecule has 1 amide bonds. The van der Waals surface area contributed by atoms with Gasteiger partial charge in [0.15, 0.2) is 5.82 Å². The molecule has 0 atom stereocenters. The van der Waals surface area contributed by atoms with Gasteiger partial charge in [-0.1, -0.05) is 6.07 Å². The predicted octanol–water partition coefficient (Wildman–Crippen LogP) is 2.87. The van der Waals surface area contributed by atoms with Crippen LogP contribution in [-0.4, -0.2) is 15.7 Å². The molecule has 2 aliphatic rings. The number of aromatic nitrogens is 2. The summed E-state index contributed by atoms with van der Waals surface area (Å²) in [6.45, 7) is 0. The Labute approximate surface area is 128 Å². The van der Waals surface area contributed by atoms with Gasteiger partial charge >= 0.3 is 0 Å². The molecule has 20 heavy (non-hydrogen) atoms. The zero-order valence-electron chi connectivity index (χ0n) is 10.7. The van der Waals surface area contributed by atoms with E-state index in [2.05, 4.69) is 27.7 Å². The Morgan fingerprint density at radius 1 is 1.40 bits per heavy atom. The number of benzene rings is 1. The van der Waals surface area contributed by atoms with E-state index in [0.29, 0.717) is 11.5 Å². The third kappa shape index (κ3) is 1.40. The smallest absolute Gasteiger partial charge is 0.243 e. The monoisotopic (exact) mass is 383 g/mol. The SMILES string of the molecule is Cn1ncc(I)c1N1C(=O)C2(CC2)c2ccc(F)cc21. The average molecular weight is 383 g/mol. The molecule has 0 N–H and O–H groups in total. The zero-order valence-corrected chi connectivity index (χ0v) is 12.9. The van der Waals surface area contributed by atoms with E-state index in [9.17, 15) is 9.18 Å². The van der Waals surface area contributed by atoms with Gasteiger partial charge < -0.3 is 0 Å². The molecule has 0 unspecified atom stereocenters. The van der Waals surface area contributed by atoms with Gasteiger partial charge in [-0.2, -0.15) is 5.10 Å². The number of anilines is 2. The van der Waals surface area contributed by atoms with Crippen LogP contribution in [0.4, 0.5) is 15.9 Å².